The number of fused-ring (bicyclic) bond motifs is 1. The van der Waals surface area contributed by atoms with Gasteiger partial charge in [0.25, 0.3) is 0 Å². The van der Waals surface area contributed by atoms with Crippen LogP contribution in [0.1, 0.15) is 5.01 Å². The quantitative estimate of drug-likeness (QED) is 0.308. The molecule has 0 aliphatic carbocycles. The van der Waals surface area contributed by atoms with Crippen molar-refractivity contribution in [1.29, 1.82) is 0 Å². The number of rotatable bonds is 6. The highest BCUT2D eigenvalue weighted by molar-refractivity contribution is 7.15. The number of hydrogen-bond acceptors (Lipinski definition) is 8. The molecule has 0 bridgehead atoms. The Labute approximate surface area is 204 Å². The lowest BCUT2D eigenvalue weighted by molar-refractivity contribution is -0.138. The smallest absolute Gasteiger partial charge is 0.445 e. The minimum Gasteiger partial charge on any atom is -0.493 e. The Morgan fingerprint density at radius 1 is 1.00 bits per heavy atom. The summed E-state index contributed by atoms with van der Waals surface area (Å²) < 4.78 is 54.5. The first kappa shape index (κ1) is 24.3. The highest BCUT2D eigenvalue weighted by Gasteiger charge is 2.35. The number of pyridine rings is 1. The topological polar surface area (TPSA) is 107 Å². The third kappa shape index (κ3) is 5.46. The molecule has 182 valence electrons. The van der Waals surface area contributed by atoms with Crippen LogP contribution in [0.4, 0.5) is 28.8 Å². The number of urea groups is 1. The van der Waals surface area contributed by atoms with E-state index in [0.29, 0.717) is 33.9 Å². The van der Waals surface area contributed by atoms with Crippen LogP contribution in [-0.4, -0.2) is 35.4 Å². The number of alkyl halides is 3. The zero-order valence-corrected chi connectivity index (χ0v) is 19.5. The zero-order valence-electron chi connectivity index (χ0n) is 17.9. The second-order valence-electron chi connectivity index (χ2n) is 6.77. The number of hydrogen-bond donors (Lipinski definition) is 2. The molecule has 0 fully saturated rings. The first-order valence-corrected chi connectivity index (χ1v) is 10.8. The fourth-order valence-corrected chi connectivity index (χ4v) is 3.79. The molecular formula is C21H15ClF3N5O4S. The van der Waals surface area contributed by atoms with Crippen molar-refractivity contribution >= 4 is 50.7 Å². The van der Waals surface area contributed by atoms with E-state index in [1.165, 1.54) is 26.4 Å². The molecule has 2 amide bonds. The standard InChI is InChI=1S/C21H15ClF3N5O4S/c1-32-16-8-11-14(9-17(16)33-2)26-6-5-15(11)34-10-3-4-13(12(22)7-10)27-19(31)28-20-30-29-18(35-20)21(23,24)25/h3-9H,1-2H3,(H2,27,28,30,31). The molecule has 2 aromatic heterocycles. The third-order valence-corrected chi connectivity index (χ3v) is 5.71. The third-order valence-electron chi connectivity index (χ3n) is 4.51. The van der Waals surface area contributed by atoms with E-state index in [4.69, 9.17) is 25.8 Å². The number of aromatic nitrogens is 3. The molecule has 4 rings (SSSR count). The number of methoxy groups -OCH3 is 2. The summed E-state index contributed by atoms with van der Waals surface area (Å²) in [4.78, 5) is 16.5. The molecule has 0 spiro atoms. The van der Waals surface area contributed by atoms with Crippen molar-refractivity contribution in [2.24, 2.45) is 0 Å². The fraction of sp³-hybridized carbons (Fsp3) is 0.143. The lowest BCUT2D eigenvalue weighted by atomic mass is 10.2. The van der Waals surface area contributed by atoms with E-state index in [1.54, 1.807) is 30.5 Å². The first-order chi connectivity index (χ1) is 16.7. The van der Waals surface area contributed by atoms with Crippen LogP contribution in [0.25, 0.3) is 10.9 Å². The number of anilines is 2. The van der Waals surface area contributed by atoms with Gasteiger partial charge in [0, 0.05) is 23.7 Å². The van der Waals surface area contributed by atoms with Gasteiger partial charge in [-0.1, -0.05) is 22.9 Å². The summed E-state index contributed by atoms with van der Waals surface area (Å²) >= 11 is 6.46. The molecule has 14 heteroatoms. The maximum atomic E-state index is 12.6. The zero-order chi connectivity index (χ0) is 25.2. The van der Waals surface area contributed by atoms with Crippen LogP contribution >= 0.6 is 22.9 Å². The van der Waals surface area contributed by atoms with Crippen molar-refractivity contribution < 1.29 is 32.2 Å². The molecule has 2 aromatic carbocycles. The molecule has 0 saturated carbocycles. The summed E-state index contributed by atoms with van der Waals surface area (Å²) in [5, 5.41) is 10.2. The molecule has 0 saturated heterocycles. The summed E-state index contributed by atoms with van der Waals surface area (Å²) in [5.74, 6) is 1.85. The Hall–Kier alpha value is -3.84. The Morgan fingerprint density at radius 3 is 2.40 bits per heavy atom. The van der Waals surface area contributed by atoms with Gasteiger partial charge >= 0.3 is 12.2 Å². The maximum absolute atomic E-state index is 12.6. The van der Waals surface area contributed by atoms with Crippen LogP contribution in [0.2, 0.25) is 5.02 Å². The number of halogens is 4. The first-order valence-electron chi connectivity index (χ1n) is 9.65. The van der Waals surface area contributed by atoms with Gasteiger partial charge < -0.3 is 19.5 Å². The minimum absolute atomic E-state index is 0.128. The van der Waals surface area contributed by atoms with Crippen molar-refractivity contribution in [2.45, 2.75) is 6.18 Å². The molecule has 9 nitrogen and oxygen atoms in total. The van der Waals surface area contributed by atoms with E-state index < -0.39 is 17.2 Å². The second-order valence-corrected chi connectivity index (χ2v) is 8.15. The highest BCUT2D eigenvalue weighted by Crippen LogP contribution is 2.38. The largest absolute Gasteiger partial charge is 0.493 e. The van der Waals surface area contributed by atoms with Gasteiger partial charge in [0.05, 0.1) is 30.4 Å². The van der Waals surface area contributed by atoms with Crippen molar-refractivity contribution in [3.63, 3.8) is 0 Å². The number of carbonyl (C=O) groups excluding carboxylic acids is 1. The summed E-state index contributed by atoms with van der Waals surface area (Å²) in [6, 6.07) is 8.78. The highest BCUT2D eigenvalue weighted by atomic mass is 35.5. The maximum Gasteiger partial charge on any atom is 0.445 e. The predicted molar refractivity (Wildman–Crippen MR) is 124 cm³/mol. The molecule has 0 aliphatic heterocycles. The van der Waals surface area contributed by atoms with Crippen molar-refractivity contribution in [1.82, 2.24) is 15.2 Å². The lowest BCUT2D eigenvalue weighted by Gasteiger charge is -2.13. The molecule has 0 aliphatic rings. The Kier molecular flexibility index (Phi) is 6.80. The Bertz CT molecular complexity index is 1400. The Morgan fingerprint density at radius 2 is 1.74 bits per heavy atom. The summed E-state index contributed by atoms with van der Waals surface area (Å²) in [6.45, 7) is 0. The molecule has 4 aromatic rings. The average Bonchev–Trinajstić information content (AvgIpc) is 3.29. The lowest BCUT2D eigenvalue weighted by Crippen LogP contribution is -2.19. The molecular weight excluding hydrogens is 511 g/mol. The molecule has 35 heavy (non-hydrogen) atoms. The van der Waals surface area contributed by atoms with Gasteiger partial charge in [-0.05, 0) is 24.3 Å². The van der Waals surface area contributed by atoms with E-state index in [1.807, 2.05) is 0 Å². The van der Waals surface area contributed by atoms with Gasteiger partial charge in [0.15, 0.2) is 11.5 Å². The van der Waals surface area contributed by atoms with Crippen LogP contribution in [0.15, 0.2) is 42.6 Å². The van der Waals surface area contributed by atoms with Gasteiger partial charge in [0.1, 0.15) is 11.5 Å². The van der Waals surface area contributed by atoms with E-state index in [9.17, 15) is 18.0 Å². The summed E-state index contributed by atoms with van der Waals surface area (Å²) in [7, 11) is 3.04. The minimum atomic E-state index is -4.65. The van der Waals surface area contributed by atoms with E-state index in [2.05, 4.69) is 25.8 Å². The van der Waals surface area contributed by atoms with Gasteiger partial charge in [-0.15, -0.1) is 10.2 Å². The van der Waals surface area contributed by atoms with Crippen LogP contribution in [0.5, 0.6) is 23.0 Å². The van der Waals surface area contributed by atoms with Crippen molar-refractivity contribution in [2.75, 3.05) is 24.9 Å². The number of nitrogens with zero attached hydrogens (tertiary/aromatic N) is 3. The normalized spacial score (nSPS) is 11.3. The van der Waals surface area contributed by atoms with Crippen LogP contribution in [-0.2, 0) is 6.18 Å². The van der Waals surface area contributed by atoms with E-state index in [-0.39, 0.29) is 27.2 Å². The number of benzene rings is 2. The number of amides is 2. The van der Waals surface area contributed by atoms with Gasteiger partial charge in [-0.25, -0.2) is 4.79 Å². The SMILES string of the molecule is COc1cc2nccc(Oc3ccc(NC(=O)Nc4nnc(C(F)(F)F)s4)c(Cl)c3)c2cc1OC. The second kappa shape index (κ2) is 9.80. The van der Waals surface area contributed by atoms with Crippen molar-refractivity contribution in [3.8, 4) is 23.0 Å². The number of nitrogens with one attached hydrogen (secondary N) is 2. The number of ether oxygens (including phenoxy) is 3. The molecule has 0 unspecified atom stereocenters. The molecule has 2 N–H and O–H groups in total. The molecule has 2 heterocycles. The van der Waals surface area contributed by atoms with Gasteiger partial charge in [0.2, 0.25) is 10.1 Å². The van der Waals surface area contributed by atoms with Crippen LogP contribution in [0.3, 0.4) is 0 Å². The van der Waals surface area contributed by atoms with Crippen LogP contribution < -0.4 is 24.8 Å². The van der Waals surface area contributed by atoms with Gasteiger partial charge in [-0.2, -0.15) is 13.2 Å². The van der Waals surface area contributed by atoms with Crippen molar-refractivity contribution in [3.05, 3.63) is 52.6 Å². The summed E-state index contributed by atoms with van der Waals surface area (Å²) in [5.41, 5.74) is 0.814. The predicted octanol–water partition coefficient (Wildman–Crippen LogP) is 6.21. The van der Waals surface area contributed by atoms with Gasteiger partial charge in [-0.3, -0.25) is 10.3 Å². The number of carbonyl (C=O) groups is 1. The average molecular weight is 526 g/mol. The fourth-order valence-electron chi connectivity index (χ4n) is 2.96. The Balaban J connectivity index is 1.49. The molecule has 0 radical (unpaired) electrons. The molecule has 0 atom stereocenters. The van der Waals surface area contributed by atoms with E-state index >= 15 is 0 Å². The summed E-state index contributed by atoms with van der Waals surface area (Å²) in [6.07, 6.45) is -3.08. The van der Waals surface area contributed by atoms with Crippen LogP contribution in [0, 0.1) is 0 Å². The monoisotopic (exact) mass is 525 g/mol. The van der Waals surface area contributed by atoms with E-state index in [0.717, 1.165) is 0 Å².